The van der Waals surface area contributed by atoms with Crippen molar-refractivity contribution in [2.24, 2.45) is 0 Å². The number of nitrogens with one attached hydrogen (secondary N) is 2. The maximum atomic E-state index is 12.0. The third kappa shape index (κ3) is 6.05. The van der Waals surface area contributed by atoms with E-state index in [0.717, 1.165) is 38.5 Å². The monoisotopic (exact) mass is 316 g/mol. The van der Waals surface area contributed by atoms with Crippen LogP contribution in [0, 0.1) is 0 Å². The molecule has 0 unspecified atom stereocenters. The minimum Gasteiger partial charge on any atom is -0.345 e. The van der Waals surface area contributed by atoms with Gasteiger partial charge in [-0.2, -0.15) is 0 Å². The Bertz CT molecular complexity index is 503. The van der Waals surface area contributed by atoms with Crippen molar-refractivity contribution in [2.45, 2.75) is 70.8 Å². The van der Waals surface area contributed by atoms with Crippen LogP contribution >= 0.6 is 0 Å². The third-order valence-corrected chi connectivity index (χ3v) is 4.43. The number of hydrogen-bond donors (Lipinski definition) is 2. The smallest absolute Gasteiger partial charge is 0.313 e. The number of hydrogen-bond acceptors (Lipinski definition) is 2. The molecule has 23 heavy (non-hydrogen) atoms. The summed E-state index contributed by atoms with van der Waals surface area (Å²) in [5, 5.41) is 5.55. The van der Waals surface area contributed by atoms with Gasteiger partial charge in [0.2, 0.25) is 0 Å². The van der Waals surface area contributed by atoms with Gasteiger partial charge in [-0.3, -0.25) is 9.59 Å². The summed E-state index contributed by atoms with van der Waals surface area (Å²) in [6, 6.07) is 7.89. The minimum absolute atomic E-state index is 0.146. The van der Waals surface area contributed by atoms with E-state index in [0.29, 0.717) is 5.69 Å². The van der Waals surface area contributed by atoms with Crippen molar-refractivity contribution in [2.75, 3.05) is 5.32 Å². The summed E-state index contributed by atoms with van der Waals surface area (Å²) in [6.45, 7) is 2.17. The van der Waals surface area contributed by atoms with Crippen molar-refractivity contribution in [1.29, 1.82) is 0 Å². The van der Waals surface area contributed by atoms with Crippen LogP contribution in [0.4, 0.5) is 5.69 Å². The van der Waals surface area contributed by atoms with Gasteiger partial charge in [-0.1, -0.05) is 51.2 Å². The van der Waals surface area contributed by atoms with Gasteiger partial charge in [0.1, 0.15) is 0 Å². The van der Waals surface area contributed by atoms with Gasteiger partial charge in [-0.05, 0) is 43.4 Å². The summed E-state index contributed by atoms with van der Waals surface area (Å²) in [5.41, 5.74) is 1.93. The number of benzene rings is 1. The van der Waals surface area contributed by atoms with Crippen LogP contribution in [0.1, 0.15) is 63.9 Å². The molecule has 1 aromatic rings. The maximum Gasteiger partial charge on any atom is 0.313 e. The lowest BCUT2D eigenvalue weighted by Crippen LogP contribution is -2.41. The van der Waals surface area contributed by atoms with Crippen molar-refractivity contribution < 1.29 is 9.59 Å². The minimum atomic E-state index is -0.574. The first kappa shape index (κ1) is 17.5. The number of carbonyl (C=O) groups is 2. The Hall–Kier alpha value is -1.84. The fourth-order valence-corrected chi connectivity index (χ4v) is 3.00. The molecule has 0 heterocycles. The molecule has 4 heteroatoms. The average Bonchev–Trinajstić information content (AvgIpc) is 2.83. The van der Waals surface area contributed by atoms with Crippen LogP contribution in [-0.4, -0.2) is 17.9 Å². The maximum absolute atomic E-state index is 12.0. The first-order chi connectivity index (χ1) is 11.2. The van der Waals surface area contributed by atoms with Gasteiger partial charge in [0.15, 0.2) is 0 Å². The highest BCUT2D eigenvalue weighted by atomic mass is 16.2. The molecule has 0 bridgehead atoms. The molecule has 0 saturated heterocycles. The molecule has 0 spiro atoms. The fourth-order valence-electron chi connectivity index (χ4n) is 3.00. The van der Waals surface area contributed by atoms with Crippen molar-refractivity contribution >= 4 is 17.5 Å². The second-order valence-corrected chi connectivity index (χ2v) is 6.42. The molecule has 1 saturated carbocycles. The third-order valence-electron chi connectivity index (χ3n) is 4.43. The molecule has 0 aromatic heterocycles. The normalized spacial score (nSPS) is 15.7. The van der Waals surface area contributed by atoms with Gasteiger partial charge in [0.05, 0.1) is 0 Å². The lowest BCUT2D eigenvalue weighted by molar-refractivity contribution is -0.136. The second kappa shape index (κ2) is 9.33. The fraction of sp³-hybridized carbons (Fsp3) is 0.579. The van der Waals surface area contributed by atoms with Crippen LogP contribution in [0.2, 0.25) is 0 Å². The molecule has 1 fully saturated rings. The zero-order valence-corrected chi connectivity index (χ0v) is 14.1. The van der Waals surface area contributed by atoms with Gasteiger partial charge in [-0.15, -0.1) is 0 Å². The Morgan fingerprint density at radius 3 is 2.26 bits per heavy atom. The van der Waals surface area contributed by atoms with Crippen LogP contribution in [0.5, 0.6) is 0 Å². The average molecular weight is 316 g/mol. The van der Waals surface area contributed by atoms with E-state index in [1.54, 1.807) is 0 Å². The van der Waals surface area contributed by atoms with E-state index in [4.69, 9.17) is 0 Å². The van der Waals surface area contributed by atoms with Gasteiger partial charge in [-0.25, -0.2) is 0 Å². The molecule has 2 rings (SSSR count). The van der Waals surface area contributed by atoms with Gasteiger partial charge in [0.25, 0.3) is 0 Å². The largest absolute Gasteiger partial charge is 0.345 e. The van der Waals surface area contributed by atoms with E-state index >= 15 is 0 Å². The van der Waals surface area contributed by atoms with Crippen molar-refractivity contribution in [3.05, 3.63) is 29.8 Å². The highest BCUT2D eigenvalue weighted by molar-refractivity contribution is 6.39. The molecule has 2 N–H and O–H groups in total. The molecule has 1 aliphatic rings. The number of carbonyl (C=O) groups excluding carboxylic acids is 2. The first-order valence-electron chi connectivity index (χ1n) is 8.90. The number of rotatable bonds is 5. The van der Waals surface area contributed by atoms with Crippen LogP contribution in [0.3, 0.4) is 0 Å². The summed E-state index contributed by atoms with van der Waals surface area (Å²) < 4.78 is 0. The quantitative estimate of drug-likeness (QED) is 0.641. The Morgan fingerprint density at radius 1 is 1.00 bits per heavy atom. The zero-order chi connectivity index (χ0) is 16.5. The Labute approximate surface area is 139 Å². The lowest BCUT2D eigenvalue weighted by atomic mass is 10.1. The molecular formula is C19H28N2O2. The van der Waals surface area contributed by atoms with Crippen molar-refractivity contribution in [1.82, 2.24) is 5.32 Å². The molecule has 2 amide bonds. The predicted molar refractivity (Wildman–Crippen MR) is 93.3 cm³/mol. The number of aryl methyl sites for hydroxylation is 1. The Kier molecular flexibility index (Phi) is 7.11. The molecule has 4 nitrogen and oxygen atoms in total. The van der Waals surface area contributed by atoms with E-state index < -0.39 is 11.8 Å². The summed E-state index contributed by atoms with van der Waals surface area (Å²) in [6.07, 6.45) is 10.0. The highest BCUT2D eigenvalue weighted by Crippen LogP contribution is 2.17. The van der Waals surface area contributed by atoms with Gasteiger partial charge >= 0.3 is 11.8 Å². The topological polar surface area (TPSA) is 58.2 Å². The summed E-state index contributed by atoms with van der Waals surface area (Å²) in [5.74, 6) is -1.09. The number of unbranched alkanes of at least 4 members (excludes halogenated alkanes) is 1. The van der Waals surface area contributed by atoms with Crippen LogP contribution in [-0.2, 0) is 16.0 Å². The van der Waals surface area contributed by atoms with E-state index in [1.165, 1.54) is 24.8 Å². The number of anilines is 1. The summed E-state index contributed by atoms with van der Waals surface area (Å²) in [7, 11) is 0. The van der Waals surface area contributed by atoms with Gasteiger partial charge < -0.3 is 10.6 Å². The van der Waals surface area contributed by atoms with E-state index in [2.05, 4.69) is 17.6 Å². The highest BCUT2D eigenvalue weighted by Gasteiger charge is 2.19. The van der Waals surface area contributed by atoms with Crippen molar-refractivity contribution in [3.63, 3.8) is 0 Å². The SMILES string of the molecule is CCCCc1ccc(NC(=O)C(=O)NC2CCCCCC2)cc1. The summed E-state index contributed by atoms with van der Waals surface area (Å²) in [4.78, 5) is 24.0. The summed E-state index contributed by atoms with van der Waals surface area (Å²) >= 11 is 0. The predicted octanol–water partition coefficient (Wildman–Crippen LogP) is 3.81. The molecule has 1 aliphatic carbocycles. The molecule has 0 radical (unpaired) electrons. The molecular weight excluding hydrogens is 288 g/mol. The Balaban J connectivity index is 1.81. The first-order valence-corrected chi connectivity index (χ1v) is 8.90. The molecule has 0 atom stereocenters. The molecule has 0 aliphatic heterocycles. The van der Waals surface area contributed by atoms with Crippen LogP contribution in [0.25, 0.3) is 0 Å². The molecule has 126 valence electrons. The van der Waals surface area contributed by atoms with Crippen LogP contribution < -0.4 is 10.6 Å². The van der Waals surface area contributed by atoms with Gasteiger partial charge in [0, 0.05) is 11.7 Å². The zero-order valence-electron chi connectivity index (χ0n) is 14.1. The Morgan fingerprint density at radius 2 is 1.65 bits per heavy atom. The van der Waals surface area contributed by atoms with E-state index in [1.807, 2.05) is 24.3 Å². The standard InChI is InChI=1S/C19H28N2O2/c1-2-3-8-15-11-13-17(14-12-15)21-19(23)18(22)20-16-9-6-4-5-7-10-16/h11-14,16H,2-10H2,1H3,(H,20,22)(H,21,23). The van der Waals surface area contributed by atoms with Crippen LogP contribution in [0.15, 0.2) is 24.3 Å². The van der Waals surface area contributed by atoms with E-state index in [-0.39, 0.29) is 6.04 Å². The molecule has 1 aromatic carbocycles. The van der Waals surface area contributed by atoms with E-state index in [9.17, 15) is 9.59 Å². The second-order valence-electron chi connectivity index (χ2n) is 6.42. The lowest BCUT2D eigenvalue weighted by Gasteiger charge is -2.15. The number of amides is 2. The van der Waals surface area contributed by atoms with Crippen molar-refractivity contribution in [3.8, 4) is 0 Å².